The lowest BCUT2D eigenvalue weighted by atomic mass is 9.33. The Morgan fingerprint density at radius 2 is 1.22 bits per heavy atom. The molecule has 10 rings (SSSR count). The zero-order chi connectivity index (χ0) is 31.1. The highest BCUT2D eigenvalue weighted by molar-refractivity contribution is 7.00. The Kier molecular flexibility index (Phi) is 4.91. The number of benzene rings is 6. The van der Waals surface area contributed by atoms with Gasteiger partial charge in [0, 0.05) is 38.8 Å². The maximum Gasteiger partial charge on any atom is 0.252 e. The molecule has 3 aliphatic rings. The molecule has 3 heteroatoms. The maximum atomic E-state index is 2.74. The monoisotopic (exact) mass is 590 g/mol. The first-order chi connectivity index (χ1) is 22.3. The van der Waals surface area contributed by atoms with Gasteiger partial charge in [-0.05, 0) is 98.0 Å². The highest BCUT2D eigenvalue weighted by atomic mass is 15.3. The fourth-order valence-corrected chi connectivity index (χ4v) is 9.74. The molecule has 4 heterocycles. The molecule has 6 aromatic carbocycles. The summed E-state index contributed by atoms with van der Waals surface area (Å²) in [6.07, 6.45) is 0. The summed E-state index contributed by atoms with van der Waals surface area (Å²) in [7, 11) is 0. The number of hydrogen-bond donors (Lipinski definition) is 0. The van der Waals surface area contributed by atoms with E-state index in [4.69, 9.17) is 0 Å². The van der Waals surface area contributed by atoms with E-state index in [1.165, 1.54) is 88.6 Å². The van der Waals surface area contributed by atoms with Crippen molar-refractivity contribution < 1.29 is 0 Å². The maximum absolute atomic E-state index is 2.74. The molecule has 0 N–H and O–H groups in total. The van der Waals surface area contributed by atoms with Gasteiger partial charge in [-0.1, -0.05) is 108 Å². The largest absolute Gasteiger partial charge is 0.331 e. The highest BCUT2D eigenvalue weighted by Gasteiger charge is 2.62. The lowest BCUT2D eigenvalue weighted by molar-refractivity contribution is 0.336. The molecule has 0 bridgehead atoms. The summed E-state index contributed by atoms with van der Waals surface area (Å²) in [5.41, 5.74) is 18.2. The van der Waals surface area contributed by atoms with Crippen LogP contribution in [0, 0.1) is 20.8 Å². The number of hydrogen-bond acceptors (Lipinski definition) is 1. The van der Waals surface area contributed by atoms with Crippen LogP contribution >= 0.6 is 0 Å². The Morgan fingerprint density at radius 3 is 1.98 bits per heavy atom. The minimum Gasteiger partial charge on any atom is -0.331 e. The lowest BCUT2D eigenvalue weighted by Crippen LogP contribution is -2.63. The van der Waals surface area contributed by atoms with Gasteiger partial charge in [0.25, 0.3) is 6.71 Å². The molecule has 2 nitrogen and oxygen atoms in total. The minimum atomic E-state index is -0.390. The molecule has 0 aliphatic carbocycles. The second-order valence-electron chi connectivity index (χ2n) is 14.3. The summed E-state index contributed by atoms with van der Waals surface area (Å²) in [4.78, 5) is 2.74. The summed E-state index contributed by atoms with van der Waals surface area (Å²) < 4.78 is 2.57. The summed E-state index contributed by atoms with van der Waals surface area (Å²) in [6.45, 7) is 11.9. The van der Waals surface area contributed by atoms with Crippen molar-refractivity contribution in [3.05, 3.63) is 155 Å². The predicted molar refractivity (Wildman–Crippen MR) is 195 cm³/mol. The van der Waals surface area contributed by atoms with Gasteiger partial charge in [-0.25, -0.2) is 0 Å². The standard InChI is InChI=1S/C43H35BN2/c1-26-19-20-36-31(21-26)32-22-27(2)24-34-40(32)45(36)37-17-12-18-38-39(37)44(34)35-25-28(3)23-33-41(35)46(38)43(5,30-15-10-7-11-16-30)42(33,4)29-13-8-6-9-14-29/h6-25H,1-5H3. The van der Waals surface area contributed by atoms with E-state index in [2.05, 4.69) is 165 Å². The van der Waals surface area contributed by atoms with Gasteiger partial charge < -0.3 is 9.47 Å². The van der Waals surface area contributed by atoms with Gasteiger partial charge in [0.05, 0.1) is 11.1 Å². The Morgan fingerprint density at radius 1 is 0.565 bits per heavy atom. The van der Waals surface area contributed by atoms with E-state index >= 15 is 0 Å². The molecular formula is C43H35BN2. The first kappa shape index (κ1) is 26.2. The van der Waals surface area contributed by atoms with Crippen LogP contribution in [0.4, 0.5) is 11.4 Å². The number of rotatable bonds is 2. The van der Waals surface area contributed by atoms with Gasteiger partial charge >= 0.3 is 0 Å². The van der Waals surface area contributed by atoms with Crippen LogP contribution in [0.3, 0.4) is 0 Å². The quantitative estimate of drug-likeness (QED) is 0.184. The Labute approximate surface area is 271 Å². The topological polar surface area (TPSA) is 8.17 Å². The van der Waals surface area contributed by atoms with Crippen LogP contribution in [0.5, 0.6) is 0 Å². The summed E-state index contributed by atoms with van der Waals surface area (Å²) in [6, 6.07) is 46.3. The van der Waals surface area contributed by atoms with Gasteiger partial charge in [0.1, 0.15) is 0 Å². The van der Waals surface area contributed by atoms with Gasteiger partial charge in [-0.3, -0.25) is 0 Å². The van der Waals surface area contributed by atoms with Crippen molar-refractivity contribution in [1.29, 1.82) is 0 Å². The summed E-state index contributed by atoms with van der Waals surface area (Å²) >= 11 is 0. The summed E-state index contributed by atoms with van der Waals surface area (Å²) in [5, 5.41) is 2.70. The van der Waals surface area contributed by atoms with Crippen molar-refractivity contribution in [2.45, 2.75) is 45.6 Å². The van der Waals surface area contributed by atoms with Crippen molar-refractivity contribution in [3.63, 3.8) is 0 Å². The minimum absolute atomic E-state index is 0.148. The number of aryl methyl sites for hydroxylation is 3. The van der Waals surface area contributed by atoms with Crippen LogP contribution in [0.2, 0.25) is 0 Å². The van der Waals surface area contributed by atoms with Crippen LogP contribution in [-0.2, 0) is 11.0 Å². The van der Waals surface area contributed by atoms with E-state index < -0.39 is 5.54 Å². The molecule has 220 valence electrons. The Balaban J connectivity index is 1.41. The number of fused-ring (bicyclic) bond motifs is 7. The van der Waals surface area contributed by atoms with E-state index in [1.54, 1.807) is 0 Å². The first-order valence-corrected chi connectivity index (χ1v) is 16.6. The fraction of sp³-hybridized carbons (Fsp3) is 0.163. The Bertz CT molecular complexity index is 2440. The van der Waals surface area contributed by atoms with Gasteiger partial charge in [0.2, 0.25) is 0 Å². The molecule has 7 aromatic rings. The molecule has 1 aromatic heterocycles. The van der Waals surface area contributed by atoms with E-state index in [-0.39, 0.29) is 12.1 Å². The summed E-state index contributed by atoms with van der Waals surface area (Å²) in [5.74, 6) is 0. The van der Waals surface area contributed by atoms with Crippen molar-refractivity contribution in [2.75, 3.05) is 4.90 Å². The van der Waals surface area contributed by atoms with Crippen LogP contribution < -0.4 is 21.3 Å². The molecule has 0 spiro atoms. The second-order valence-corrected chi connectivity index (χ2v) is 14.3. The number of anilines is 2. The van der Waals surface area contributed by atoms with Crippen molar-refractivity contribution in [3.8, 4) is 5.69 Å². The molecular weight excluding hydrogens is 555 g/mol. The highest BCUT2D eigenvalue weighted by Crippen LogP contribution is 2.62. The SMILES string of the molecule is Cc1cc2c3c(c1)C(C)(c1ccccc1)C(C)(c1ccccc1)N3c1cccc3c1B2c1cc(C)cc2c4cc(C)ccc4n-3c12. The van der Waals surface area contributed by atoms with Crippen LogP contribution in [0.1, 0.15) is 47.2 Å². The number of nitrogens with zero attached hydrogens (tertiary/aromatic N) is 2. The molecule has 3 aliphatic heterocycles. The third kappa shape index (κ3) is 2.91. The van der Waals surface area contributed by atoms with Crippen molar-refractivity contribution in [2.24, 2.45) is 0 Å². The average Bonchev–Trinajstić information content (AvgIpc) is 3.49. The molecule has 0 radical (unpaired) electrons. The van der Waals surface area contributed by atoms with E-state index in [1.807, 2.05) is 0 Å². The van der Waals surface area contributed by atoms with E-state index in [9.17, 15) is 0 Å². The fourth-order valence-electron chi connectivity index (χ4n) is 9.74. The molecule has 0 amide bonds. The van der Waals surface area contributed by atoms with Crippen LogP contribution in [0.15, 0.2) is 121 Å². The molecule has 0 saturated carbocycles. The number of aromatic nitrogens is 1. The van der Waals surface area contributed by atoms with E-state index in [0.29, 0.717) is 0 Å². The predicted octanol–water partition coefficient (Wildman–Crippen LogP) is 8.23. The average molecular weight is 591 g/mol. The van der Waals surface area contributed by atoms with Gasteiger partial charge in [0.15, 0.2) is 0 Å². The molecule has 2 unspecified atom stereocenters. The zero-order valence-electron chi connectivity index (χ0n) is 27.0. The smallest absolute Gasteiger partial charge is 0.252 e. The first-order valence-electron chi connectivity index (χ1n) is 16.6. The van der Waals surface area contributed by atoms with Gasteiger partial charge in [-0.15, -0.1) is 0 Å². The molecule has 46 heavy (non-hydrogen) atoms. The third-order valence-corrected chi connectivity index (χ3v) is 11.8. The van der Waals surface area contributed by atoms with Gasteiger partial charge in [-0.2, -0.15) is 0 Å². The third-order valence-electron chi connectivity index (χ3n) is 11.8. The van der Waals surface area contributed by atoms with Crippen LogP contribution in [-0.4, -0.2) is 11.3 Å². The normalized spacial score (nSPS) is 20.4. The second kappa shape index (κ2) is 8.62. The molecule has 0 saturated heterocycles. The van der Waals surface area contributed by atoms with Crippen LogP contribution in [0.25, 0.3) is 27.5 Å². The van der Waals surface area contributed by atoms with E-state index in [0.717, 1.165) is 0 Å². The van der Waals surface area contributed by atoms with Crippen molar-refractivity contribution >= 4 is 56.3 Å². The Hall–Kier alpha value is -5.02. The molecule has 2 atom stereocenters. The zero-order valence-corrected chi connectivity index (χ0v) is 27.0. The van der Waals surface area contributed by atoms with Crippen molar-refractivity contribution in [1.82, 2.24) is 4.57 Å². The lowest BCUT2D eigenvalue weighted by Gasteiger charge is -2.50. The molecule has 0 fully saturated rings.